The van der Waals surface area contributed by atoms with Gasteiger partial charge in [-0.25, -0.2) is 0 Å². The SMILES string of the molecule is COc1ccc(Nc2cc(C(=O)Nc3ccccc3)ccc2OC)cc1. The second-order valence-corrected chi connectivity index (χ2v) is 5.59. The highest BCUT2D eigenvalue weighted by Crippen LogP contribution is 2.29. The lowest BCUT2D eigenvalue weighted by Crippen LogP contribution is -2.12. The van der Waals surface area contributed by atoms with Gasteiger partial charge in [-0.2, -0.15) is 0 Å². The Morgan fingerprint density at radius 2 is 1.54 bits per heavy atom. The molecule has 0 unspecified atom stereocenters. The molecule has 0 atom stereocenters. The highest BCUT2D eigenvalue weighted by atomic mass is 16.5. The van der Waals surface area contributed by atoms with Gasteiger partial charge in [0.1, 0.15) is 11.5 Å². The van der Waals surface area contributed by atoms with E-state index in [1.165, 1.54) is 0 Å². The van der Waals surface area contributed by atoms with Gasteiger partial charge < -0.3 is 20.1 Å². The molecule has 0 heterocycles. The van der Waals surface area contributed by atoms with Crippen molar-refractivity contribution in [1.82, 2.24) is 0 Å². The Kier molecular flexibility index (Phi) is 5.39. The molecule has 2 N–H and O–H groups in total. The zero-order valence-electron chi connectivity index (χ0n) is 14.7. The van der Waals surface area contributed by atoms with E-state index in [4.69, 9.17) is 9.47 Å². The van der Waals surface area contributed by atoms with Gasteiger partial charge in [-0.3, -0.25) is 4.79 Å². The van der Waals surface area contributed by atoms with E-state index in [-0.39, 0.29) is 5.91 Å². The van der Waals surface area contributed by atoms with Crippen molar-refractivity contribution in [1.29, 1.82) is 0 Å². The van der Waals surface area contributed by atoms with E-state index < -0.39 is 0 Å². The lowest BCUT2D eigenvalue weighted by molar-refractivity contribution is 0.102. The number of ether oxygens (including phenoxy) is 2. The largest absolute Gasteiger partial charge is 0.497 e. The predicted molar refractivity (Wildman–Crippen MR) is 104 cm³/mol. The first kappa shape index (κ1) is 17.4. The van der Waals surface area contributed by atoms with Gasteiger partial charge in [0.25, 0.3) is 5.91 Å². The lowest BCUT2D eigenvalue weighted by atomic mass is 10.1. The first-order chi connectivity index (χ1) is 12.7. The second kappa shape index (κ2) is 8.07. The molecule has 3 aromatic rings. The number of benzene rings is 3. The van der Waals surface area contributed by atoms with Crippen LogP contribution in [0.3, 0.4) is 0 Å². The number of rotatable bonds is 6. The van der Waals surface area contributed by atoms with Crippen molar-refractivity contribution in [3.63, 3.8) is 0 Å². The Hall–Kier alpha value is -3.47. The molecule has 0 aliphatic rings. The predicted octanol–water partition coefficient (Wildman–Crippen LogP) is 4.70. The van der Waals surface area contributed by atoms with Crippen molar-refractivity contribution in [2.45, 2.75) is 0 Å². The van der Waals surface area contributed by atoms with Crippen LogP contribution in [0, 0.1) is 0 Å². The zero-order valence-corrected chi connectivity index (χ0v) is 14.7. The summed E-state index contributed by atoms with van der Waals surface area (Å²) in [5.74, 6) is 1.24. The van der Waals surface area contributed by atoms with Crippen LogP contribution in [0.5, 0.6) is 11.5 Å². The second-order valence-electron chi connectivity index (χ2n) is 5.59. The number of para-hydroxylation sites is 1. The minimum Gasteiger partial charge on any atom is -0.497 e. The fourth-order valence-corrected chi connectivity index (χ4v) is 2.50. The molecule has 1 amide bonds. The Balaban J connectivity index is 1.82. The average Bonchev–Trinajstić information content (AvgIpc) is 2.69. The quantitative estimate of drug-likeness (QED) is 0.678. The van der Waals surface area contributed by atoms with E-state index in [2.05, 4.69) is 10.6 Å². The number of methoxy groups -OCH3 is 2. The van der Waals surface area contributed by atoms with E-state index in [0.29, 0.717) is 17.0 Å². The van der Waals surface area contributed by atoms with Crippen LogP contribution in [-0.2, 0) is 0 Å². The van der Waals surface area contributed by atoms with Gasteiger partial charge in [0.15, 0.2) is 0 Å². The topological polar surface area (TPSA) is 59.6 Å². The van der Waals surface area contributed by atoms with Gasteiger partial charge in [0, 0.05) is 16.9 Å². The minimum atomic E-state index is -0.184. The molecule has 0 aliphatic carbocycles. The molecule has 0 saturated carbocycles. The maximum atomic E-state index is 12.5. The minimum absolute atomic E-state index is 0.184. The first-order valence-electron chi connectivity index (χ1n) is 8.15. The van der Waals surface area contributed by atoms with Gasteiger partial charge in [-0.05, 0) is 54.6 Å². The first-order valence-corrected chi connectivity index (χ1v) is 8.15. The van der Waals surface area contributed by atoms with Crippen molar-refractivity contribution >= 4 is 23.0 Å². The molecule has 0 fully saturated rings. The summed E-state index contributed by atoms with van der Waals surface area (Å²) in [4.78, 5) is 12.5. The van der Waals surface area contributed by atoms with Crippen LogP contribution in [0.15, 0.2) is 72.8 Å². The third-order valence-electron chi connectivity index (χ3n) is 3.86. The third kappa shape index (κ3) is 4.13. The number of amides is 1. The molecule has 0 aliphatic heterocycles. The summed E-state index contributed by atoms with van der Waals surface area (Å²) in [6.45, 7) is 0. The van der Waals surface area contributed by atoms with Crippen molar-refractivity contribution < 1.29 is 14.3 Å². The van der Waals surface area contributed by atoms with Gasteiger partial charge in [0.05, 0.1) is 19.9 Å². The molecular weight excluding hydrogens is 328 g/mol. The van der Waals surface area contributed by atoms with E-state index in [0.717, 1.165) is 17.1 Å². The maximum Gasteiger partial charge on any atom is 0.255 e. The Labute approximate surface area is 152 Å². The Morgan fingerprint density at radius 3 is 2.19 bits per heavy atom. The molecule has 132 valence electrons. The van der Waals surface area contributed by atoms with Crippen LogP contribution in [0.25, 0.3) is 0 Å². The fourth-order valence-electron chi connectivity index (χ4n) is 2.50. The summed E-state index contributed by atoms with van der Waals surface area (Å²) < 4.78 is 10.6. The third-order valence-corrected chi connectivity index (χ3v) is 3.86. The molecule has 5 nitrogen and oxygen atoms in total. The number of carbonyl (C=O) groups excluding carboxylic acids is 1. The smallest absolute Gasteiger partial charge is 0.255 e. The van der Waals surface area contributed by atoms with Crippen LogP contribution in [0.2, 0.25) is 0 Å². The Bertz CT molecular complexity index is 878. The molecular formula is C21H20N2O3. The average molecular weight is 348 g/mol. The van der Waals surface area contributed by atoms with Crippen LogP contribution in [0.4, 0.5) is 17.1 Å². The molecule has 0 radical (unpaired) electrons. The summed E-state index contributed by atoms with van der Waals surface area (Å²) in [7, 11) is 3.22. The molecule has 3 rings (SSSR count). The summed E-state index contributed by atoms with van der Waals surface area (Å²) in [6.07, 6.45) is 0. The van der Waals surface area contributed by atoms with E-state index in [1.807, 2.05) is 54.6 Å². The summed E-state index contributed by atoms with van der Waals surface area (Å²) in [5, 5.41) is 6.15. The van der Waals surface area contributed by atoms with E-state index in [9.17, 15) is 4.79 Å². The van der Waals surface area contributed by atoms with Gasteiger partial charge in [-0.1, -0.05) is 18.2 Å². The van der Waals surface area contributed by atoms with Crippen LogP contribution in [0.1, 0.15) is 10.4 Å². The number of hydrogen-bond acceptors (Lipinski definition) is 4. The van der Waals surface area contributed by atoms with Crippen molar-refractivity contribution in [2.24, 2.45) is 0 Å². The zero-order chi connectivity index (χ0) is 18.4. The number of anilines is 3. The van der Waals surface area contributed by atoms with Gasteiger partial charge >= 0.3 is 0 Å². The molecule has 0 aromatic heterocycles. The van der Waals surface area contributed by atoms with Crippen molar-refractivity contribution in [3.8, 4) is 11.5 Å². The summed E-state index contributed by atoms with van der Waals surface area (Å²) >= 11 is 0. The number of carbonyl (C=O) groups is 1. The number of hydrogen-bond donors (Lipinski definition) is 2. The molecule has 3 aromatic carbocycles. The molecule has 5 heteroatoms. The maximum absolute atomic E-state index is 12.5. The fraction of sp³-hybridized carbons (Fsp3) is 0.0952. The molecule has 0 spiro atoms. The van der Waals surface area contributed by atoms with E-state index in [1.54, 1.807) is 32.4 Å². The van der Waals surface area contributed by atoms with E-state index >= 15 is 0 Å². The Morgan fingerprint density at radius 1 is 0.808 bits per heavy atom. The molecule has 0 saturated heterocycles. The van der Waals surface area contributed by atoms with Crippen molar-refractivity contribution in [2.75, 3.05) is 24.9 Å². The van der Waals surface area contributed by atoms with Crippen LogP contribution in [-0.4, -0.2) is 20.1 Å². The monoisotopic (exact) mass is 348 g/mol. The lowest BCUT2D eigenvalue weighted by Gasteiger charge is -2.13. The highest BCUT2D eigenvalue weighted by molar-refractivity contribution is 6.05. The normalized spacial score (nSPS) is 10.1. The standard InChI is InChI=1S/C21H20N2O3/c1-25-18-11-9-17(10-12-18)22-19-14-15(8-13-20(19)26-2)21(24)23-16-6-4-3-5-7-16/h3-14,22H,1-2H3,(H,23,24). The van der Waals surface area contributed by atoms with Gasteiger partial charge in [-0.15, -0.1) is 0 Å². The number of nitrogens with one attached hydrogen (secondary N) is 2. The molecule has 0 bridgehead atoms. The van der Waals surface area contributed by atoms with Crippen molar-refractivity contribution in [3.05, 3.63) is 78.4 Å². The van der Waals surface area contributed by atoms with Crippen LogP contribution >= 0.6 is 0 Å². The van der Waals surface area contributed by atoms with Crippen LogP contribution < -0.4 is 20.1 Å². The molecule has 26 heavy (non-hydrogen) atoms. The highest BCUT2D eigenvalue weighted by Gasteiger charge is 2.11. The summed E-state index contributed by atoms with van der Waals surface area (Å²) in [5.41, 5.74) is 2.85. The summed E-state index contributed by atoms with van der Waals surface area (Å²) in [6, 6.07) is 22.1. The van der Waals surface area contributed by atoms with Gasteiger partial charge in [0.2, 0.25) is 0 Å².